The lowest BCUT2D eigenvalue weighted by Crippen LogP contribution is -2.30. The van der Waals surface area contributed by atoms with Gasteiger partial charge in [0.25, 0.3) is 0 Å². The maximum atomic E-state index is 12.7. The van der Waals surface area contributed by atoms with Crippen molar-refractivity contribution in [2.45, 2.75) is 219 Å². The van der Waals surface area contributed by atoms with Crippen LogP contribution in [-0.2, 0) is 28.6 Å². The number of ether oxygens (including phenoxy) is 3. The summed E-state index contributed by atoms with van der Waals surface area (Å²) in [6.07, 6.45) is 52.1. The zero-order valence-corrected chi connectivity index (χ0v) is 35.9. The van der Waals surface area contributed by atoms with Gasteiger partial charge in [-0.25, -0.2) is 0 Å². The molecule has 0 saturated heterocycles. The van der Waals surface area contributed by atoms with Crippen molar-refractivity contribution >= 4 is 17.9 Å². The molecule has 0 aliphatic heterocycles. The highest BCUT2D eigenvalue weighted by Gasteiger charge is 2.19. The molecule has 1 atom stereocenters. The number of allylic oxidation sites excluding steroid dienone is 10. The van der Waals surface area contributed by atoms with E-state index in [-0.39, 0.29) is 31.1 Å². The molecule has 0 radical (unpaired) electrons. The molecule has 0 fully saturated rings. The summed E-state index contributed by atoms with van der Waals surface area (Å²) >= 11 is 0. The maximum Gasteiger partial charge on any atom is 0.306 e. The first-order chi connectivity index (χ1) is 27.0. The third kappa shape index (κ3) is 42.1. The van der Waals surface area contributed by atoms with E-state index in [9.17, 15) is 14.4 Å². The van der Waals surface area contributed by atoms with Crippen LogP contribution in [0.4, 0.5) is 0 Å². The van der Waals surface area contributed by atoms with Crippen LogP contribution in [0.15, 0.2) is 60.8 Å². The Morgan fingerprint density at radius 1 is 0.382 bits per heavy atom. The molecular formula is C49H84O6. The Bertz CT molecular complexity index is 1020. The number of carbonyl (C=O) groups is 3. The predicted octanol–water partition coefficient (Wildman–Crippen LogP) is 14.5. The number of esters is 3. The fourth-order valence-corrected chi connectivity index (χ4v) is 6.07. The first kappa shape index (κ1) is 52.1. The van der Waals surface area contributed by atoms with E-state index in [1.54, 1.807) is 0 Å². The smallest absolute Gasteiger partial charge is 0.306 e. The molecule has 6 nitrogen and oxygen atoms in total. The van der Waals surface area contributed by atoms with Crippen molar-refractivity contribution in [2.24, 2.45) is 0 Å². The first-order valence-corrected chi connectivity index (χ1v) is 22.8. The van der Waals surface area contributed by atoms with Crippen LogP contribution in [0.5, 0.6) is 0 Å². The number of hydrogen-bond acceptors (Lipinski definition) is 6. The van der Waals surface area contributed by atoms with Gasteiger partial charge in [0.05, 0.1) is 0 Å². The van der Waals surface area contributed by atoms with Crippen LogP contribution in [0.25, 0.3) is 0 Å². The van der Waals surface area contributed by atoms with Crippen molar-refractivity contribution in [1.82, 2.24) is 0 Å². The molecule has 0 saturated carbocycles. The van der Waals surface area contributed by atoms with E-state index < -0.39 is 6.10 Å². The van der Waals surface area contributed by atoms with Crippen LogP contribution < -0.4 is 0 Å². The molecular weight excluding hydrogens is 685 g/mol. The lowest BCUT2D eigenvalue weighted by molar-refractivity contribution is -0.167. The molecule has 316 valence electrons. The minimum absolute atomic E-state index is 0.0905. The molecule has 0 aliphatic rings. The summed E-state index contributed by atoms with van der Waals surface area (Å²) in [5.74, 6) is -0.942. The van der Waals surface area contributed by atoms with Crippen LogP contribution in [0.1, 0.15) is 213 Å². The van der Waals surface area contributed by atoms with Crippen molar-refractivity contribution in [3.8, 4) is 0 Å². The fraction of sp³-hybridized carbons (Fsp3) is 0.735. The molecule has 0 bridgehead atoms. The molecule has 0 spiro atoms. The second-order valence-corrected chi connectivity index (χ2v) is 14.9. The van der Waals surface area contributed by atoms with Gasteiger partial charge in [0, 0.05) is 19.3 Å². The van der Waals surface area contributed by atoms with E-state index >= 15 is 0 Å². The Morgan fingerprint density at radius 3 is 1.15 bits per heavy atom. The minimum atomic E-state index is -0.790. The average Bonchev–Trinajstić information content (AvgIpc) is 3.18. The highest BCUT2D eigenvalue weighted by Crippen LogP contribution is 2.13. The molecule has 0 heterocycles. The van der Waals surface area contributed by atoms with Crippen molar-refractivity contribution < 1.29 is 28.6 Å². The molecule has 0 aliphatic carbocycles. The van der Waals surface area contributed by atoms with E-state index in [2.05, 4.69) is 81.5 Å². The van der Waals surface area contributed by atoms with Crippen LogP contribution in [0.2, 0.25) is 0 Å². The van der Waals surface area contributed by atoms with Gasteiger partial charge in [0.1, 0.15) is 13.2 Å². The fourth-order valence-electron chi connectivity index (χ4n) is 6.07. The van der Waals surface area contributed by atoms with Gasteiger partial charge in [-0.1, -0.05) is 171 Å². The standard InChI is InChI=1S/C49H84O6/c1-4-7-10-13-16-19-21-23-24-25-27-28-30-33-36-39-42-48(51)54-45-46(44-53-47(50)41-38-35-32-18-15-12-9-6-3)55-49(52)43-40-37-34-31-29-26-22-20-17-14-11-8-5-2/h8,11,17,19-21,24-26,29,46H,4-7,9-10,12-16,18,22-23,27-28,30-45H2,1-3H3/b11-8-,20-17-,21-19-,25-24-,29-26-. The number of carbonyl (C=O) groups excluding carboxylic acids is 3. The van der Waals surface area contributed by atoms with Crippen molar-refractivity contribution in [3.63, 3.8) is 0 Å². The zero-order chi connectivity index (χ0) is 40.1. The van der Waals surface area contributed by atoms with E-state index in [0.29, 0.717) is 19.3 Å². The van der Waals surface area contributed by atoms with Crippen molar-refractivity contribution in [3.05, 3.63) is 60.8 Å². The van der Waals surface area contributed by atoms with E-state index in [1.165, 1.54) is 70.6 Å². The van der Waals surface area contributed by atoms with E-state index in [1.807, 2.05) is 0 Å². The van der Waals surface area contributed by atoms with Gasteiger partial charge in [-0.2, -0.15) is 0 Å². The van der Waals surface area contributed by atoms with Crippen LogP contribution in [0, 0.1) is 0 Å². The van der Waals surface area contributed by atoms with E-state index in [4.69, 9.17) is 14.2 Å². The summed E-state index contributed by atoms with van der Waals surface area (Å²) in [7, 11) is 0. The van der Waals surface area contributed by atoms with Crippen LogP contribution >= 0.6 is 0 Å². The summed E-state index contributed by atoms with van der Waals surface area (Å²) in [4.78, 5) is 37.6. The molecule has 6 heteroatoms. The summed E-state index contributed by atoms with van der Waals surface area (Å²) in [5.41, 5.74) is 0. The molecule has 0 aromatic heterocycles. The molecule has 0 amide bonds. The topological polar surface area (TPSA) is 78.9 Å². The lowest BCUT2D eigenvalue weighted by Gasteiger charge is -2.18. The molecule has 0 N–H and O–H groups in total. The summed E-state index contributed by atoms with van der Waals surface area (Å²) in [6.45, 7) is 6.42. The molecule has 55 heavy (non-hydrogen) atoms. The Morgan fingerprint density at radius 2 is 0.709 bits per heavy atom. The van der Waals surface area contributed by atoms with Gasteiger partial charge in [-0.3, -0.25) is 14.4 Å². The predicted molar refractivity (Wildman–Crippen MR) is 233 cm³/mol. The second kappa shape index (κ2) is 43.8. The molecule has 0 aromatic rings. The summed E-state index contributed by atoms with van der Waals surface area (Å²) < 4.78 is 16.6. The zero-order valence-electron chi connectivity index (χ0n) is 35.9. The third-order valence-electron chi connectivity index (χ3n) is 9.51. The highest BCUT2D eigenvalue weighted by molar-refractivity contribution is 5.71. The van der Waals surface area contributed by atoms with Crippen molar-refractivity contribution in [2.75, 3.05) is 13.2 Å². The summed E-state index contributed by atoms with van der Waals surface area (Å²) in [5, 5.41) is 0. The van der Waals surface area contributed by atoms with Gasteiger partial charge >= 0.3 is 17.9 Å². The average molecular weight is 769 g/mol. The van der Waals surface area contributed by atoms with Gasteiger partial charge in [-0.15, -0.1) is 0 Å². The Balaban J connectivity index is 4.40. The van der Waals surface area contributed by atoms with Gasteiger partial charge in [0.2, 0.25) is 0 Å². The Kier molecular flexibility index (Phi) is 41.5. The largest absolute Gasteiger partial charge is 0.462 e. The third-order valence-corrected chi connectivity index (χ3v) is 9.51. The monoisotopic (exact) mass is 769 g/mol. The molecule has 1 unspecified atom stereocenters. The lowest BCUT2D eigenvalue weighted by atomic mass is 10.1. The summed E-state index contributed by atoms with van der Waals surface area (Å²) in [6, 6.07) is 0. The number of unbranched alkanes of at least 4 members (excludes halogenated alkanes) is 19. The van der Waals surface area contributed by atoms with Gasteiger partial charge in [0.15, 0.2) is 6.10 Å². The highest BCUT2D eigenvalue weighted by atomic mass is 16.6. The number of rotatable bonds is 40. The second-order valence-electron chi connectivity index (χ2n) is 14.9. The van der Waals surface area contributed by atoms with Crippen molar-refractivity contribution in [1.29, 1.82) is 0 Å². The normalized spacial score (nSPS) is 12.6. The SMILES string of the molecule is CC/C=C\C/C=C\C/C=C\CCCCCC(=O)OC(COC(=O)CCCCCCC/C=C\C/C=C\CCCCCC)COC(=O)CCCCCCCCCC. The molecule has 0 aromatic carbocycles. The van der Waals surface area contributed by atoms with Crippen LogP contribution in [0.3, 0.4) is 0 Å². The van der Waals surface area contributed by atoms with Crippen LogP contribution in [-0.4, -0.2) is 37.2 Å². The Labute approximate surface area is 339 Å². The number of hydrogen-bond donors (Lipinski definition) is 0. The first-order valence-electron chi connectivity index (χ1n) is 22.8. The Hall–Kier alpha value is -2.89. The maximum absolute atomic E-state index is 12.7. The van der Waals surface area contributed by atoms with Gasteiger partial charge in [-0.05, 0) is 83.5 Å². The quantitative estimate of drug-likeness (QED) is 0.0267. The van der Waals surface area contributed by atoms with Gasteiger partial charge < -0.3 is 14.2 Å². The van der Waals surface area contributed by atoms with E-state index in [0.717, 1.165) is 103 Å². The minimum Gasteiger partial charge on any atom is -0.462 e. The molecule has 0 rings (SSSR count).